The zero-order valence-electron chi connectivity index (χ0n) is 19.6. The Morgan fingerprint density at radius 2 is 1.65 bits per heavy atom. The summed E-state index contributed by atoms with van der Waals surface area (Å²) in [5.41, 5.74) is 2.30. The van der Waals surface area contributed by atoms with Gasteiger partial charge in [-0.25, -0.2) is 14.8 Å². The van der Waals surface area contributed by atoms with Crippen LogP contribution in [0.2, 0.25) is 0 Å². The summed E-state index contributed by atoms with van der Waals surface area (Å²) >= 11 is 1.72. The van der Waals surface area contributed by atoms with Crippen LogP contribution in [0.4, 0.5) is 5.13 Å². The first kappa shape index (κ1) is 22.2. The lowest BCUT2D eigenvalue weighted by atomic mass is 9.83. The Hall–Kier alpha value is -2.29. The molecular formula is C26H32N4O3S. The molecule has 2 aromatic rings. The summed E-state index contributed by atoms with van der Waals surface area (Å²) in [6.07, 6.45) is 7.25. The highest BCUT2D eigenvalue weighted by atomic mass is 32.1. The number of esters is 1. The van der Waals surface area contributed by atoms with E-state index in [0.29, 0.717) is 11.9 Å². The number of thiazole rings is 1. The van der Waals surface area contributed by atoms with E-state index in [0.717, 1.165) is 87.0 Å². The lowest BCUT2D eigenvalue weighted by molar-refractivity contribution is -0.140. The molecule has 8 heteroatoms. The standard InChI is InChI=1S/C26H32N4O3S/c31-24-26(10-2-1-3-11-26)28-23(33-24)20-6-4-19(5-7-20)22-18-34-25(27-22)30-12-8-21(9-13-30)29-14-16-32-17-15-29/h4-7,18,21H,1-3,8-17H2. The summed E-state index contributed by atoms with van der Waals surface area (Å²) in [7, 11) is 0. The number of nitrogens with zero attached hydrogens (tertiary/aromatic N) is 4. The molecule has 0 bridgehead atoms. The van der Waals surface area contributed by atoms with Crippen molar-refractivity contribution in [3.63, 3.8) is 0 Å². The molecular weight excluding hydrogens is 448 g/mol. The predicted octanol–water partition coefficient (Wildman–Crippen LogP) is 4.12. The Morgan fingerprint density at radius 3 is 2.38 bits per heavy atom. The minimum atomic E-state index is -0.634. The van der Waals surface area contributed by atoms with Crippen LogP contribution in [0.1, 0.15) is 50.5 Å². The second kappa shape index (κ2) is 9.40. The van der Waals surface area contributed by atoms with Crippen LogP contribution in [-0.2, 0) is 14.3 Å². The Bertz CT molecular complexity index is 1050. The van der Waals surface area contributed by atoms with Gasteiger partial charge < -0.3 is 14.4 Å². The van der Waals surface area contributed by atoms with Crippen LogP contribution in [0.3, 0.4) is 0 Å². The van der Waals surface area contributed by atoms with Crippen LogP contribution in [0.25, 0.3) is 11.3 Å². The second-order valence-corrected chi connectivity index (χ2v) is 10.7. The number of hydrogen-bond acceptors (Lipinski definition) is 8. The molecule has 1 aromatic heterocycles. The SMILES string of the molecule is O=C1OC(c2ccc(-c3csc(N4CCC(N5CCOCC5)CC4)n3)cc2)=NC12CCCCC2. The first-order valence-electron chi connectivity index (χ1n) is 12.7. The number of carbonyl (C=O) groups is 1. The minimum absolute atomic E-state index is 0.173. The molecule has 1 saturated carbocycles. The van der Waals surface area contributed by atoms with Gasteiger partial charge in [0.25, 0.3) is 0 Å². The number of carbonyl (C=O) groups excluding carboxylic acids is 1. The minimum Gasteiger partial charge on any atom is -0.405 e. The third kappa shape index (κ3) is 4.27. The van der Waals surface area contributed by atoms with Crippen molar-refractivity contribution in [1.82, 2.24) is 9.88 Å². The number of aromatic nitrogens is 1. The molecule has 1 aliphatic carbocycles. The maximum absolute atomic E-state index is 12.5. The molecule has 3 aliphatic heterocycles. The number of morpholine rings is 1. The third-order valence-corrected chi connectivity index (χ3v) is 8.68. The molecule has 1 spiro atoms. The van der Waals surface area contributed by atoms with Gasteiger partial charge in [-0.15, -0.1) is 11.3 Å². The van der Waals surface area contributed by atoms with E-state index in [4.69, 9.17) is 19.5 Å². The third-order valence-electron chi connectivity index (χ3n) is 7.78. The lowest BCUT2D eigenvalue weighted by Crippen LogP contribution is -2.49. The van der Waals surface area contributed by atoms with E-state index in [1.807, 2.05) is 12.1 Å². The molecule has 7 nitrogen and oxygen atoms in total. The Labute approximate surface area is 204 Å². The lowest BCUT2D eigenvalue weighted by Gasteiger charge is -2.40. The molecule has 2 saturated heterocycles. The monoisotopic (exact) mass is 480 g/mol. The summed E-state index contributed by atoms with van der Waals surface area (Å²) < 4.78 is 11.1. The van der Waals surface area contributed by atoms with Gasteiger partial charge in [0.05, 0.1) is 18.9 Å². The van der Waals surface area contributed by atoms with Gasteiger partial charge in [0, 0.05) is 48.7 Å². The van der Waals surface area contributed by atoms with Gasteiger partial charge in [-0.3, -0.25) is 4.90 Å². The molecule has 1 aromatic carbocycles. The van der Waals surface area contributed by atoms with Crippen molar-refractivity contribution in [2.45, 2.75) is 56.5 Å². The van der Waals surface area contributed by atoms with E-state index in [9.17, 15) is 4.79 Å². The van der Waals surface area contributed by atoms with Gasteiger partial charge in [0.2, 0.25) is 5.90 Å². The van der Waals surface area contributed by atoms with Crippen molar-refractivity contribution < 1.29 is 14.3 Å². The average Bonchev–Trinajstić information content (AvgIpc) is 3.51. The molecule has 0 amide bonds. The van der Waals surface area contributed by atoms with Crippen LogP contribution < -0.4 is 4.90 Å². The Morgan fingerprint density at radius 1 is 0.941 bits per heavy atom. The molecule has 180 valence electrons. The van der Waals surface area contributed by atoms with Crippen LogP contribution in [-0.4, -0.2) is 72.7 Å². The van der Waals surface area contributed by atoms with Crippen LogP contribution in [0.5, 0.6) is 0 Å². The molecule has 0 radical (unpaired) electrons. The van der Waals surface area contributed by atoms with E-state index in [1.54, 1.807) is 11.3 Å². The van der Waals surface area contributed by atoms with Crippen molar-refractivity contribution in [1.29, 1.82) is 0 Å². The molecule has 0 atom stereocenters. The van der Waals surface area contributed by atoms with Crippen molar-refractivity contribution in [2.75, 3.05) is 44.3 Å². The van der Waals surface area contributed by atoms with E-state index in [1.165, 1.54) is 19.3 Å². The highest BCUT2D eigenvalue weighted by Gasteiger charge is 2.46. The number of aliphatic imine (C=N–C) groups is 1. The Kier molecular flexibility index (Phi) is 6.13. The van der Waals surface area contributed by atoms with Gasteiger partial charge in [0.1, 0.15) is 0 Å². The molecule has 0 N–H and O–H groups in total. The van der Waals surface area contributed by atoms with Gasteiger partial charge in [-0.05, 0) is 37.8 Å². The number of ether oxygens (including phenoxy) is 2. The van der Waals surface area contributed by atoms with Gasteiger partial charge in [0.15, 0.2) is 10.7 Å². The summed E-state index contributed by atoms with van der Waals surface area (Å²) in [5.74, 6) is 0.299. The number of piperidine rings is 1. The largest absolute Gasteiger partial charge is 0.405 e. The maximum atomic E-state index is 12.5. The Balaban J connectivity index is 1.10. The van der Waals surface area contributed by atoms with E-state index < -0.39 is 5.54 Å². The highest BCUT2D eigenvalue weighted by molar-refractivity contribution is 7.14. The number of hydrogen-bond donors (Lipinski definition) is 0. The zero-order chi connectivity index (χ0) is 23.0. The van der Waals surface area contributed by atoms with E-state index >= 15 is 0 Å². The number of rotatable bonds is 4. The summed E-state index contributed by atoms with van der Waals surface area (Å²) in [6, 6.07) is 8.78. The van der Waals surface area contributed by atoms with E-state index in [-0.39, 0.29) is 5.97 Å². The van der Waals surface area contributed by atoms with Crippen LogP contribution >= 0.6 is 11.3 Å². The van der Waals surface area contributed by atoms with Crippen molar-refractivity contribution in [3.05, 3.63) is 35.2 Å². The first-order valence-corrected chi connectivity index (χ1v) is 13.5. The summed E-state index contributed by atoms with van der Waals surface area (Å²) in [5, 5.41) is 3.25. The molecule has 4 heterocycles. The van der Waals surface area contributed by atoms with Crippen LogP contribution in [0.15, 0.2) is 34.6 Å². The molecule has 0 unspecified atom stereocenters. The first-order chi connectivity index (χ1) is 16.7. The summed E-state index contributed by atoms with van der Waals surface area (Å²) in [4.78, 5) is 27.2. The average molecular weight is 481 g/mol. The smallest absolute Gasteiger partial charge is 0.340 e. The molecule has 6 rings (SSSR count). The quantitative estimate of drug-likeness (QED) is 0.614. The zero-order valence-corrected chi connectivity index (χ0v) is 20.4. The maximum Gasteiger partial charge on any atom is 0.340 e. The second-order valence-electron chi connectivity index (χ2n) is 9.86. The fraction of sp³-hybridized carbons (Fsp3) is 0.577. The predicted molar refractivity (Wildman–Crippen MR) is 134 cm³/mol. The number of cyclic esters (lactones) is 1. The summed E-state index contributed by atoms with van der Waals surface area (Å²) in [6.45, 7) is 5.97. The van der Waals surface area contributed by atoms with Crippen LogP contribution in [0, 0.1) is 0 Å². The molecule has 3 fully saturated rings. The number of benzene rings is 1. The molecule has 4 aliphatic rings. The molecule has 34 heavy (non-hydrogen) atoms. The van der Waals surface area contributed by atoms with Crippen molar-refractivity contribution in [2.24, 2.45) is 4.99 Å². The normalized spacial score (nSPS) is 23.8. The van der Waals surface area contributed by atoms with Crippen molar-refractivity contribution in [3.8, 4) is 11.3 Å². The fourth-order valence-electron chi connectivity index (χ4n) is 5.71. The van der Waals surface area contributed by atoms with Gasteiger partial charge in [-0.2, -0.15) is 0 Å². The highest BCUT2D eigenvalue weighted by Crippen LogP contribution is 2.37. The fourth-order valence-corrected chi connectivity index (χ4v) is 6.60. The van der Waals surface area contributed by atoms with Gasteiger partial charge in [-0.1, -0.05) is 31.4 Å². The van der Waals surface area contributed by atoms with Crippen molar-refractivity contribution >= 4 is 28.3 Å². The topological polar surface area (TPSA) is 67.3 Å². The van der Waals surface area contributed by atoms with Gasteiger partial charge >= 0.3 is 5.97 Å². The van der Waals surface area contributed by atoms with E-state index in [2.05, 4.69) is 27.3 Å². The number of anilines is 1.